The highest BCUT2D eigenvalue weighted by Crippen LogP contribution is 2.35. The summed E-state index contributed by atoms with van der Waals surface area (Å²) >= 11 is 0. The molecule has 0 spiro atoms. The van der Waals surface area contributed by atoms with Crippen LogP contribution in [0.2, 0.25) is 0 Å². The van der Waals surface area contributed by atoms with Crippen molar-refractivity contribution in [1.29, 1.82) is 0 Å². The summed E-state index contributed by atoms with van der Waals surface area (Å²) in [6, 6.07) is 18.1. The zero-order valence-electron chi connectivity index (χ0n) is 18.9. The summed E-state index contributed by atoms with van der Waals surface area (Å²) < 4.78 is 27.4. The molecule has 0 saturated carbocycles. The molecule has 0 unspecified atom stereocenters. The van der Waals surface area contributed by atoms with E-state index in [9.17, 15) is 4.39 Å². The zero-order valence-corrected chi connectivity index (χ0v) is 18.9. The molecule has 4 heterocycles. The van der Waals surface area contributed by atoms with E-state index in [1.54, 1.807) is 18.3 Å². The second-order valence-corrected chi connectivity index (χ2v) is 9.25. The first-order chi connectivity index (χ1) is 16.4. The quantitative estimate of drug-likeness (QED) is 0.320. The van der Waals surface area contributed by atoms with E-state index in [4.69, 9.17) is 19.2 Å². The van der Waals surface area contributed by atoms with Crippen molar-refractivity contribution in [2.45, 2.75) is 38.5 Å². The molecule has 5 aromatic rings. The van der Waals surface area contributed by atoms with E-state index in [1.165, 1.54) is 12.1 Å². The minimum absolute atomic E-state index is 0.0929. The van der Waals surface area contributed by atoms with Crippen molar-refractivity contribution in [1.82, 2.24) is 19.7 Å². The third-order valence-electron chi connectivity index (χ3n) is 6.05. The predicted molar refractivity (Wildman–Crippen MR) is 127 cm³/mol. The van der Waals surface area contributed by atoms with Crippen molar-refractivity contribution < 1.29 is 13.5 Å². The maximum absolute atomic E-state index is 13.6. The number of aromatic nitrogens is 4. The van der Waals surface area contributed by atoms with Crippen LogP contribution < -0.4 is 0 Å². The third-order valence-corrected chi connectivity index (χ3v) is 6.05. The van der Waals surface area contributed by atoms with Gasteiger partial charge in [0.1, 0.15) is 17.3 Å². The van der Waals surface area contributed by atoms with Gasteiger partial charge in [0.15, 0.2) is 5.82 Å². The lowest BCUT2D eigenvalue weighted by Gasteiger charge is -2.42. The van der Waals surface area contributed by atoms with Crippen molar-refractivity contribution in [3.63, 3.8) is 0 Å². The van der Waals surface area contributed by atoms with Gasteiger partial charge >= 0.3 is 0 Å². The number of furan rings is 1. The van der Waals surface area contributed by atoms with Gasteiger partial charge in [-0.1, -0.05) is 30.3 Å². The Morgan fingerprint density at radius 1 is 1.06 bits per heavy atom. The second kappa shape index (κ2) is 7.88. The lowest BCUT2D eigenvalue weighted by molar-refractivity contribution is -0.189. The summed E-state index contributed by atoms with van der Waals surface area (Å²) in [6.07, 6.45) is 4.75. The lowest BCUT2D eigenvalue weighted by atomic mass is 9.93. The van der Waals surface area contributed by atoms with Crippen LogP contribution in [-0.4, -0.2) is 31.5 Å². The van der Waals surface area contributed by atoms with Crippen LogP contribution >= 0.6 is 0 Å². The largest absolute Gasteiger partial charge is 0.438 e. The molecule has 0 amide bonds. The SMILES string of the molecule is CC1(C)C[C@@H](Cn2cc(-c3ncc4cc(-c5ccccc5)oc4n3)c(-c3ccc(F)cc3)n2)O1. The normalized spacial score (nSPS) is 17.1. The van der Waals surface area contributed by atoms with Gasteiger partial charge in [-0.2, -0.15) is 10.1 Å². The average molecular weight is 455 g/mol. The number of rotatable bonds is 5. The van der Waals surface area contributed by atoms with Crippen molar-refractivity contribution in [3.05, 3.63) is 78.9 Å². The molecule has 1 aliphatic heterocycles. The summed E-state index contributed by atoms with van der Waals surface area (Å²) in [6.45, 7) is 4.79. The molecule has 6 rings (SSSR count). The molecule has 6 nitrogen and oxygen atoms in total. The molecule has 7 heteroatoms. The zero-order chi connectivity index (χ0) is 23.3. The standard InChI is InChI=1S/C27H23FN4O2/c1-27(2)13-21(34-27)15-32-16-22(24(31-32)18-8-10-20(28)11-9-18)25-29-14-19-12-23(33-26(19)30-25)17-6-4-3-5-7-17/h3-12,14,16,21H,13,15H2,1-2H3/t21-/m0/s1. The Morgan fingerprint density at radius 2 is 1.82 bits per heavy atom. The summed E-state index contributed by atoms with van der Waals surface area (Å²) in [5.41, 5.74) is 3.62. The first kappa shape index (κ1) is 20.7. The number of hydrogen-bond donors (Lipinski definition) is 0. The van der Waals surface area contributed by atoms with Gasteiger partial charge in [-0.25, -0.2) is 9.37 Å². The number of halogens is 1. The van der Waals surface area contributed by atoms with E-state index < -0.39 is 0 Å². The van der Waals surface area contributed by atoms with E-state index in [1.807, 2.05) is 47.3 Å². The molecule has 0 bridgehead atoms. The van der Waals surface area contributed by atoms with Gasteiger partial charge in [0.05, 0.1) is 29.2 Å². The average Bonchev–Trinajstić information content (AvgIpc) is 3.43. The molecule has 1 aliphatic rings. The molecule has 1 saturated heterocycles. The molecule has 0 N–H and O–H groups in total. The van der Waals surface area contributed by atoms with E-state index in [-0.39, 0.29) is 17.5 Å². The van der Waals surface area contributed by atoms with Crippen molar-refractivity contribution in [3.8, 4) is 34.0 Å². The smallest absolute Gasteiger partial charge is 0.230 e. The summed E-state index contributed by atoms with van der Waals surface area (Å²) in [5.74, 6) is 0.944. The molecule has 0 radical (unpaired) electrons. The fourth-order valence-corrected chi connectivity index (χ4v) is 4.51. The molecule has 170 valence electrons. The van der Waals surface area contributed by atoms with Gasteiger partial charge in [0, 0.05) is 29.9 Å². The van der Waals surface area contributed by atoms with E-state index in [0.717, 1.165) is 34.3 Å². The van der Waals surface area contributed by atoms with Crippen LogP contribution in [0, 0.1) is 5.82 Å². The minimum atomic E-state index is -0.295. The van der Waals surface area contributed by atoms with Crippen LogP contribution in [0.1, 0.15) is 20.3 Å². The Bertz CT molecular complexity index is 1460. The summed E-state index contributed by atoms with van der Waals surface area (Å²) in [5, 5.41) is 5.62. The maximum atomic E-state index is 13.6. The van der Waals surface area contributed by atoms with E-state index >= 15 is 0 Å². The lowest BCUT2D eigenvalue weighted by Crippen LogP contribution is -2.47. The van der Waals surface area contributed by atoms with Crippen molar-refractivity contribution in [2.75, 3.05) is 0 Å². The molecule has 2 aromatic carbocycles. The third kappa shape index (κ3) is 3.88. The Balaban J connectivity index is 1.40. The first-order valence-electron chi connectivity index (χ1n) is 11.3. The highest BCUT2D eigenvalue weighted by atomic mass is 19.1. The first-order valence-corrected chi connectivity index (χ1v) is 11.3. The molecular weight excluding hydrogens is 431 g/mol. The Hall–Kier alpha value is -3.84. The van der Waals surface area contributed by atoms with Gasteiger partial charge < -0.3 is 9.15 Å². The fraction of sp³-hybridized carbons (Fsp3) is 0.222. The Labute approximate surface area is 196 Å². The highest BCUT2D eigenvalue weighted by molar-refractivity contribution is 5.83. The van der Waals surface area contributed by atoms with Crippen LogP contribution in [0.15, 0.2) is 77.5 Å². The Kier molecular flexibility index (Phi) is 4.81. The van der Waals surface area contributed by atoms with Crippen LogP contribution in [0.4, 0.5) is 4.39 Å². The highest BCUT2D eigenvalue weighted by Gasteiger charge is 2.37. The monoisotopic (exact) mass is 454 g/mol. The molecule has 34 heavy (non-hydrogen) atoms. The number of fused-ring (bicyclic) bond motifs is 1. The maximum Gasteiger partial charge on any atom is 0.230 e. The van der Waals surface area contributed by atoms with Gasteiger partial charge in [-0.15, -0.1) is 0 Å². The number of nitrogens with zero attached hydrogens (tertiary/aromatic N) is 4. The fourth-order valence-electron chi connectivity index (χ4n) is 4.51. The van der Waals surface area contributed by atoms with Crippen molar-refractivity contribution >= 4 is 11.1 Å². The molecular formula is C27H23FN4O2. The summed E-state index contributed by atoms with van der Waals surface area (Å²) in [7, 11) is 0. The van der Waals surface area contributed by atoms with Crippen molar-refractivity contribution in [2.24, 2.45) is 0 Å². The predicted octanol–water partition coefficient (Wildman–Crippen LogP) is 6.13. The molecule has 3 aromatic heterocycles. The van der Waals surface area contributed by atoms with Crippen LogP contribution in [-0.2, 0) is 11.3 Å². The Morgan fingerprint density at radius 3 is 2.56 bits per heavy atom. The van der Waals surface area contributed by atoms with E-state index in [0.29, 0.717) is 23.8 Å². The minimum Gasteiger partial charge on any atom is -0.438 e. The summed E-state index contributed by atoms with van der Waals surface area (Å²) in [4.78, 5) is 9.32. The number of hydrogen-bond acceptors (Lipinski definition) is 5. The molecule has 1 atom stereocenters. The van der Waals surface area contributed by atoms with Gasteiger partial charge in [0.25, 0.3) is 0 Å². The second-order valence-electron chi connectivity index (χ2n) is 9.25. The number of ether oxygens (including phenoxy) is 1. The van der Waals surface area contributed by atoms with Gasteiger partial charge in [-0.05, 0) is 44.2 Å². The number of benzene rings is 2. The van der Waals surface area contributed by atoms with Crippen LogP contribution in [0.25, 0.3) is 45.1 Å². The van der Waals surface area contributed by atoms with Crippen LogP contribution in [0.5, 0.6) is 0 Å². The molecule has 0 aliphatic carbocycles. The van der Waals surface area contributed by atoms with Crippen LogP contribution in [0.3, 0.4) is 0 Å². The van der Waals surface area contributed by atoms with E-state index in [2.05, 4.69) is 18.8 Å². The molecule has 1 fully saturated rings. The topological polar surface area (TPSA) is 66.0 Å². The van der Waals surface area contributed by atoms with Gasteiger partial charge in [-0.3, -0.25) is 4.68 Å². The van der Waals surface area contributed by atoms with Gasteiger partial charge in [0.2, 0.25) is 5.71 Å².